The van der Waals surface area contributed by atoms with Gasteiger partial charge < -0.3 is 15.0 Å². The van der Waals surface area contributed by atoms with Crippen LogP contribution in [0.15, 0.2) is 30.3 Å². The monoisotopic (exact) mass is 533 g/mol. The van der Waals surface area contributed by atoms with Crippen LogP contribution in [0.2, 0.25) is 0 Å². The summed E-state index contributed by atoms with van der Waals surface area (Å²) in [5.74, 6) is -0.581. The predicted molar refractivity (Wildman–Crippen MR) is 138 cm³/mol. The van der Waals surface area contributed by atoms with E-state index in [1.54, 1.807) is 39.0 Å². The van der Waals surface area contributed by atoms with Crippen LogP contribution in [0.3, 0.4) is 0 Å². The number of carbonyl (C=O) groups is 2. The first-order chi connectivity index (χ1) is 17.7. The van der Waals surface area contributed by atoms with Crippen LogP contribution in [0, 0.1) is 0 Å². The molecule has 2 aromatic rings. The standard InChI is InChI=1S/C27H34F3N5O3/c1-26(2,3)38-25(37)35-11-8-17-6-7-18(12-22(17)35)24(36)32-19-13-20(31-23(14-19)27(28,29)30)15-34-10-9-21(16-34)33(4)5/h6-7,12-14,21H,8-11,15-16H2,1-5H3,(H,31,32,36)/t21-/m1/s1. The number of nitrogens with one attached hydrogen (secondary N) is 1. The molecule has 2 amide bonds. The number of amides is 2. The number of rotatable bonds is 5. The van der Waals surface area contributed by atoms with E-state index < -0.39 is 29.5 Å². The van der Waals surface area contributed by atoms with Crippen molar-refractivity contribution in [3.8, 4) is 0 Å². The molecule has 0 radical (unpaired) electrons. The number of hydrogen-bond donors (Lipinski definition) is 1. The molecule has 1 aromatic heterocycles. The summed E-state index contributed by atoms with van der Waals surface area (Å²) in [5, 5.41) is 2.60. The van der Waals surface area contributed by atoms with Gasteiger partial charge in [-0.3, -0.25) is 14.6 Å². The molecule has 206 valence electrons. The zero-order chi connectivity index (χ0) is 27.8. The first-order valence-corrected chi connectivity index (χ1v) is 12.6. The average Bonchev–Trinajstić information content (AvgIpc) is 3.44. The first-order valence-electron chi connectivity index (χ1n) is 12.6. The summed E-state index contributed by atoms with van der Waals surface area (Å²) in [6, 6.07) is 7.58. The number of hydrogen-bond acceptors (Lipinski definition) is 6. The zero-order valence-corrected chi connectivity index (χ0v) is 22.4. The van der Waals surface area contributed by atoms with E-state index in [-0.39, 0.29) is 23.5 Å². The Morgan fingerprint density at radius 1 is 1.13 bits per heavy atom. The topological polar surface area (TPSA) is 78.0 Å². The van der Waals surface area contributed by atoms with E-state index in [4.69, 9.17) is 4.74 Å². The maximum atomic E-state index is 13.6. The van der Waals surface area contributed by atoms with E-state index in [1.807, 2.05) is 14.1 Å². The van der Waals surface area contributed by atoms with Crippen molar-refractivity contribution in [3.05, 3.63) is 52.8 Å². The Hall–Kier alpha value is -3.18. The summed E-state index contributed by atoms with van der Waals surface area (Å²) in [6.07, 6.45) is -3.63. The van der Waals surface area contributed by atoms with Crippen molar-refractivity contribution in [3.63, 3.8) is 0 Å². The normalized spacial score (nSPS) is 18.1. The second kappa shape index (κ2) is 10.5. The molecule has 4 rings (SSSR count). The third-order valence-electron chi connectivity index (χ3n) is 6.65. The van der Waals surface area contributed by atoms with Gasteiger partial charge in [0.15, 0.2) is 0 Å². The van der Waals surface area contributed by atoms with Gasteiger partial charge in [-0.15, -0.1) is 0 Å². The van der Waals surface area contributed by atoms with Crippen LogP contribution in [0.25, 0.3) is 0 Å². The number of benzene rings is 1. The van der Waals surface area contributed by atoms with Gasteiger partial charge in [-0.2, -0.15) is 13.2 Å². The highest BCUT2D eigenvalue weighted by molar-refractivity contribution is 6.05. The van der Waals surface area contributed by atoms with Crippen LogP contribution in [-0.2, 0) is 23.9 Å². The Bertz CT molecular complexity index is 1210. The maximum Gasteiger partial charge on any atom is 0.433 e. The van der Waals surface area contributed by atoms with Crippen molar-refractivity contribution < 1.29 is 27.5 Å². The number of carbonyl (C=O) groups excluding carboxylic acids is 2. The van der Waals surface area contributed by atoms with Crippen LogP contribution in [0.4, 0.5) is 29.3 Å². The Labute approximate surface area is 220 Å². The maximum absolute atomic E-state index is 13.6. The lowest BCUT2D eigenvalue weighted by Crippen LogP contribution is -2.35. The Morgan fingerprint density at radius 3 is 2.50 bits per heavy atom. The minimum Gasteiger partial charge on any atom is -0.443 e. The molecule has 1 saturated heterocycles. The lowest BCUT2D eigenvalue weighted by Gasteiger charge is -2.25. The van der Waals surface area contributed by atoms with E-state index in [9.17, 15) is 22.8 Å². The van der Waals surface area contributed by atoms with Gasteiger partial charge in [0.2, 0.25) is 0 Å². The smallest absolute Gasteiger partial charge is 0.433 e. The number of halogens is 3. The van der Waals surface area contributed by atoms with Crippen LogP contribution in [-0.4, -0.2) is 72.2 Å². The molecule has 0 spiro atoms. The number of anilines is 2. The highest BCUT2D eigenvalue weighted by atomic mass is 19.4. The molecule has 1 fully saturated rings. The van der Waals surface area contributed by atoms with Gasteiger partial charge in [0.25, 0.3) is 5.91 Å². The third-order valence-corrected chi connectivity index (χ3v) is 6.65. The number of likely N-dealkylation sites (N-methyl/N-ethyl adjacent to an activating group) is 1. The lowest BCUT2D eigenvalue weighted by atomic mass is 10.1. The fraction of sp³-hybridized carbons (Fsp3) is 0.519. The van der Waals surface area contributed by atoms with Gasteiger partial charge in [-0.05, 0) is 77.5 Å². The SMILES string of the molecule is CN(C)[C@@H]1CCN(Cc2cc(NC(=O)c3ccc4c(c3)N(C(=O)OC(C)(C)C)CC4)cc(C(F)(F)F)n2)C1. The van der Waals surface area contributed by atoms with E-state index >= 15 is 0 Å². The van der Waals surface area contributed by atoms with Crippen molar-refractivity contribution in [2.75, 3.05) is 43.9 Å². The number of ether oxygens (including phenoxy) is 1. The summed E-state index contributed by atoms with van der Waals surface area (Å²) in [7, 11) is 3.96. The molecule has 0 unspecified atom stereocenters. The predicted octanol–water partition coefficient (Wildman–Crippen LogP) is 4.79. The van der Waals surface area contributed by atoms with Gasteiger partial charge in [0.1, 0.15) is 11.3 Å². The van der Waals surface area contributed by atoms with E-state index in [1.165, 1.54) is 11.0 Å². The Kier molecular flexibility index (Phi) is 7.72. The molecule has 0 aliphatic carbocycles. The second-order valence-electron chi connectivity index (χ2n) is 11.1. The minimum atomic E-state index is -4.66. The van der Waals surface area contributed by atoms with E-state index in [0.29, 0.717) is 24.7 Å². The molecule has 1 atom stereocenters. The zero-order valence-electron chi connectivity index (χ0n) is 22.4. The molecule has 11 heteroatoms. The van der Waals surface area contributed by atoms with Gasteiger partial charge in [-0.25, -0.2) is 9.78 Å². The van der Waals surface area contributed by atoms with Gasteiger partial charge in [0, 0.05) is 43.5 Å². The van der Waals surface area contributed by atoms with Crippen LogP contribution >= 0.6 is 0 Å². The summed E-state index contributed by atoms with van der Waals surface area (Å²) < 4.78 is 46.4. The molecule has 38 heavy (non-hydrogen) atoms. The van der Waals surface area contributed by atoms with Gasteiger partial charge in [-0.1, -0.05) is 6.07 Å². The highest BCUT2D eigenvalue weighted by Crippen LogP contribution is 2.32. The number of nitrogens with zero attached hydrogens (tertiary/aromatic N) is 4. The van der Waals surface area contributed by atoms with Crippen LogP contribution < -0.4 is 10.2 Å². The van der Waals surface area contributed by atoms with Crippen molar-refractivity contribution in [2.24, 2.45) is 0 Å². The molecule has 3 heterocycles. The fourth-order valence-corrected chi connectivity index (χ4v) is 4.72. The Morgan fingerprint density at radius 2 is 1.87 bits per heavy atom. The molecule has 1 aromatic carbocycles. The van der Waals surface area contributed by atoms with Crippen molar-refractivity contribution in [2.45, 2.75) is 58.0 Å². The molecule has 0 saturated carbocycles. The number of likely N-dealkylation sites (tertiary alicyclic amines) is 1. The first kappa shape index (κ1) is 27.8. The summed E-state index contributed by atoms with van der Waals surface area (Å²) in [5.41, 5.74) is 0.187. The second-order valence-corrected chi connectivity index (χ2v) is 11.1. The average molecular weight is 534 g/mol. The molecule has 8 nitrogen and oxygen atoms in total. The molecule has 2 aliphatic heterocycles. The van der Waals surface area contributed by atoms with E-state index in [2.05, 4.69) is 20.1 Å². The fourth-order valence-electron chi connectivity index (χ4n) is 4.72. The summed E-state index contributed by atoms with van der Waals surface area (Å²) >= 11 is 0. The van der Waals surface area contributed by atoms with Crippen molar-refractivity contribution in [1.82, 2.24) is 14.8 Å². The molecular formula is C27H34F3N5O3. The van der Waals surface area contributed by atoms with Gasteiger partial charge >= 0.3 is 12.3 Å². The van der Waals surface area contributed by atoms with Crippen molar-refractivity contribution in [1.29, 1.82) is 0 Å². The van der Waals surface area contributed by atoms with E-state index in [0.717, 1.165) is 31.1 Å². The number of pyridine rings is 1. The molecular weight excluding hydrogens is 499 g/mol. The van der Waals surface area contributed by atoms with Crippen LogP contribution in [0.1, 0.15) is 54.5 Å². The van der Waals surface area contributed by atoms with Crippen LogP contribution in [0.5, 0.6) is 0 Å². The highest BCUT2D eigenvalue weighted by Gasteiger charge is 2.34. The third kappa shape index (κ3) is 6.63. The van der Waals surface area contributed by atoms with Gasteiger partial charge in [0.05, 0.1) is 11.4 Å². The number of aromatic nitrogens is 1. The quantitative estimate of drug-likeness (QED) is 0.596. The molecule has 0 bridgehead atoms. The summed E-state index contributed by atoms with van der Waals surface area (Å²) in [6.45, 7) is 7.47. The number of alkyl halides is 3. The largest absolute Gasteiger partial charge is 0.443 e. The van der Waals surface area contributed by atoms with Crippen molar-refractivity contribution >= 4 is 23.4 Å². The lowest BCUT2D eigenvalue weighted by molar-refractivity contribution is -0.141. The Balaban J connectivity index is 1.54. The minimum absolute atomic E-state index is 0.0141. The summed E-state index contributed by atoms with van der Waals surface area (Å²) in [4.78, 5) is 35.2. The molecule has 1 N–H and O–H groups in total. The molecule has 2 aliphatic rings. The number of fused-ring (bicyclic) bond motifs is 1.